The van der Waals surface area contributed by atoms with Crippen LogP contribution in [0.4, 0.5) is 11.5 Å². The number of aromatic nitrogens is 3. The predicted molar refractivity (Wildman–Crippen MR) is 149 cm³/mol. The van der Waals surface area contributed by atoms with Gasteiger partial charge in [0.25, 0.3) is 0 Å². The summed E-state index contributed by atoms with van der Waals surface area (Å²) >= 11 is 0. The van der Waals surface area contributed by atoms with Crippen LogP contribution in [0.5, 0.6) is 5.75 Å². The van der Waals surface area contributed by atoms with E-state index in [2.05, 4.69) is 27.2 Å². The molecule has 3 aromatic rings. The molecule has 0 spiro atoms. The zero-order valence-corrected chi connectivity index (χ0v) is 20.9. The first-order valence-corrected chi connectivity index (χ1v) is 12.2. The maximum Gasteiger partial charge on any atom is 0.246 e. The zero-order valence-electron chi connectivity index (χ0n) is 20.9. The van der Waals surface area contributed by atoms with E-state index in [-0.39, 0.29) is 5.91 Å². The van der Waals surface area contributed by atoms with Crippen LogP contribution >= 0.6 is 0 Å². The van der Waals surface area contributed by atoms with Crippen molar-refractivity contribution in [1.29, 1.82) is 5.41 Å². The first kappa shape index (κ1) is 24.6. The molecule has 0 saturated carbocycles. The summed E-state index contributed by atoms with van der Waals surface area (Å²) in [7, 11) is 0. The van der Waals surface area contributed by atoms with Gasteiger partial charge in [-0.1, -0.05) is 12.7 Å². The van der Waals surface area contributed by atoms with Crippen LogP contribution < -0.4 is 15.4 Å². The number of rotatable bonds is 7. The minimum Gasteiger partial charge on any atom is -0.456 e. The molecule has 0 fully saturated rings. The molecule has 0 saturated heterocycles. The number of carbonyl (C=O) groups excluding carboxylic acids is 1. The minimum atomic E-state index is -0.0627. The average molecular weight is 506 g/mol. The lowest BCUT2D eigenvalue weighted by Gasteiger charge is -2.25. The number of aryl methyl sites for hydroxylation is 1. The largest absolute Gasteiger partial charge is 0.456 e. The van der Waals surface area contributed by atoms with E-state index < -0.39 is 0 Å². The number of ether oxygens (including phenoxy) is 1. The smallest absolute Gasteiger partial charge is 0.246 e. The van der Waals surface area contributed by atoms with Crippen molar-refractivity contribution in [2.75, 3.05) is 18.4 Å². The number of amides is 1. The third kappa shape index (κ3) is 5.36. The van der Waals surface area contributed by atoms with Gasteiger partial charge in [0.05, 0.1) is 11.2 Å². The Morgan fingerprint density at radius 2 is 2.13 bits per heavy atom. The van der Waals surface area contributed by atoms with Gasteiger partial charge in [-0.15, -0.1) is 0 Å². The summed E-state index contributed by atoms with van der Waals surface area (Å²) in [5.41, 5.74) is 5.97. The van der Waals surface area contributed by atoms with Crippen LogP contribution in [0.2, 0.25) is 0 Å². The average Bonchev–Trinajstić information content (AvgIpc) is 2.95. The first-order chi connectivity index (χ1) is 18.5. The van der Waals surface area contributed by atoms with E-state index in [9.17, 15) is 4.79 Å². The van der Waals surface area contributed by atoms with E-state index in [1.165, 1.54) is 18.6 Å². The number of fused-ring (bicyclic) bond motifs is 1. The number of hydrogen-bond donors (Lipinski definition) is 3. The van der Waals surface area contributed by atoms with Crippen molar-refractivity contribution in [3.05, 3.63) is 103 Å². The Balaban J connectivity index is 1.34. The fourth-order valence-electron chi connectivity index (χ4n) is 4.23. The van der Waals surface area contributed by atoms with Crippen molar-refractivity contribution in [2.45, 2.75) is 13.3 Å². The molecule has 0 radical (unpaired) electrons. The lowest BCUT2D eigenvalue weighted by atomic mass is 10.0. The number of nitrogens with zero attached hydrogens (tertiary/aromatic N) is 4. The second kappa shape index (κ2) is 10.9. The van der Waals surface area contributed by atoms with Crippen molar-refractivity contribution in [1.82, 2.24) is 25.2 Å². The quantitative estimate of drug-likeness (QED) is 0.312. The Hall–Kier alpha value is -5.05. The van der Waals surface area contributed by atoms with E-state index in [0.29, 0.717) is 30.2 Å². The maximum absolute atomic E-state index is 11.9. The van der Waals surface area contributed by atoms with Gasteiger partial charge in [-0.2, -0.15) is 0 Å². The molecule has 9 nitrogen and oxygen atoms in total. The van der Waals surface area contributed by atoms with E-state index >= 15 is 0 Å². The topological polar surface area (TPSA) is 116 Å². The van der Waals surface area contributed by atoms with E-state index in [1.54, 1.807) is 17.2 Å². The first-order valence-electron chi connectivity index (χ1n) is 12.2. The molecule has 3 N–H and O–H groups in total. The van der Waals surface area contributed by atoms with E-state index in [4.69, 9.17) is 15.1 Å². The second-order valence-corrected chi connectivity index (χ2v) is 8.77. The lowest BCUT2D eigenvalue weighted by molar-refractivity contribution is -0.125. The molecule has 4 heterocycles. The van der Waals surface area contributed by atoms with Gasteiger partial charge in [0.1, 0.15) is 23.4 Å². The molecule has 0 unspecified atom stereocenters. The van der Waals surface area contributed by atoms with Crippen LogP contribution in [0, 0.1) is 12.3 Å². The molecule has 190 valence electrons. The van der Waals surface area contributed by atoms with Crippen LogP contribution in [-0.4, -0.2) is 45.1 Å². The van der Waals surface area contributed by atoms with Crippen LogP contribution in [0.3, 0.4) is 0 Å². The highest BCUT2D eigenvalue weighted by molar-refractivity contribution is 5.89. The number of dihydropyridines is 1. The predicted octanol–water partition coefficient (Wildman–Crippen LogP) is 4.79. The van der Waals surface area contributed by atoms with Gasteiger partial charge in [0, 0.05) is 36.9 Å². The molecule has 2 aliphatic rings. The summed E-state index contributed by atoms with van der Waals surface area (Å²) in [6.07, 6.45) is 14.0. The molecule has 0 bridgehead atoms. The van der Waals surface area contributed by atoms with Gasteiger partial charge < -0.3 is 25.7 Å². The number of allylic oxidation sites excluding steroid dienone is 3. The van der Waals surface area contributed by atoms with Crippen LogP contribution in [-0.2, 0) is 4.79 Å². The Bertz CT molecular complexity index is 1550. The number of anilines is 2. The fraction of sp³-hybridized carbons (Fsp3) is 0.138. The summed E-state index contributed by atoms with van der Waals surface area (Å²) in [6.45, 7) is 6.71. The molecular weight excluding hydrogens is 478 g/mol. The third-order valence-corrected chi connectivity index (χ3v) is 6.24. The van der Waals surface area contributed by atoms with Crippen molar-refractivity contribution in [3.63, 3.8) is 0 Å². The summed E-state index contributed by atoms with van der Waals surface area (Å²) < 4.78 is 6.03. The summed E-state index contributed by atoms with van der Waals surface area (Å²) in [5, 5.41) is 13.6. The van der Waals surface area contributed by atoms with Gasteiger partial charge in [-0.05, 0) is 79.1 Å². The Morgan fingerprint density at radius 1 is 1.24 bits per heavy atom. The maximum atomic E-state index is 11.9. The third-order valence-electron chi connectivity index (χ3n) is 6.24. The molecule has 38 heavy (non-hydrogen) atoms. The number of benzene rings is 1. The van der Waals surface area contributed by atoms with Crippen molar-refractivity contribution < 1.29 is 9.53 Å². The summed E-state index contributed by atoms with van der Waals surface area (Å²) in [6, 6.07) is 9.72. The number of nitrogens with one attached hydrogen (secondary N) is 3. The standard InChI is InChI=1S/C29H27N7O2/c1-3-27(37)36-14-11-20(12-15-36)24-7-8-25-28(35-24)29(33-18-32-25)34-22-5-9-26(19(2)16-22)38-23-6-4-21(10-13-30)31-17-23/h3-11,13,16-18,30-31H,1,12,14-15H2,2H3,(H,32,33,34)/b21-10-,30-13?. The molecule has 2 aromatic heterocycles. The van der Waals surface area contributed by atoms with E-state index in [1.807, 2.05) is 55.5 Å². The normalized spacial score (nSPS) is 15.9. The van der Waals surface area contributed by atoms with Crippen molar-refractivity contribution >= 4 is 40.2 Å². The Labute approximate surface area is 220 Å². The minimum absolute atomic E-state index is 0.0627. The van der Waals surface area contributed by atoms with Gasteiger partial charge in [0.15, 0.2) is 5.82 Å². The van der Waals surface area contributed by atoms with Gasteiger partial charge >= 0.3 is 0 Å². The van der Waals surface area contributed by atoms with Crippen LogP contribution in [0.1, 0.15) is 17.7 Å². The molecule has 5 rings (SSSR count). The SMILES string of the molecule is C=CC(=O)N1CC=C(c2ccc3ncnc(Nc4ccc(OC5=CN/C(=C\C=N)C=C5)c(C)c4)c3n2)CC1. The van der Waals surface area contributed by atoms with Crippen molar-refractivity contribution in [3.8, 4) is 5.75 Å². The van der Waals surface area contributed by atoms with Crippen LogP contribution in [0.25, 0.3) is 16.6 Å². The Kier molecular flexibility index (Phi) is 7.08. The number of hydrogen-bond acceptors (Lipinski definition) is 8. The fourth-order valence-corrected chi connectivity index (χ4v) is 4.23. The molecule has 0 atom stereocenters. The number of carbonyl (C=O) groups is 1. The second-order valence-electron chi connectivity index (χ2n) is 8.77. The number of pyridine rings is 1. The molecule has 0 aliphatic carbocycles. The van der Waals surface area contributed by atoms with Crippen LogP contribution in [0.15, 0.2) is 91.3 Å². The van der Waals surface area contributed by atoms with Gasteiger partial charge in [-0.25, -0.2) is 15.0 Å². The highest BCUT2D eigenvalue weighted by Gasteiger charge is 2.17. The monoisotopic (exact) mass is 505 g/mol. The van der Waals surface area contributed by atoms with Crippen molar-refractivity contribution in [2.24, 2.45) is 0 Å². The molecular formula is C29H27N7O2. The molecule has 2 aliphatic heterocycles. The summed E-state index contributed by atoms with van der Waals surface area (Å²) in [4.78, 5) is 27.4. The zero-order chi connectivity index (χ0) is 26.5. The highest BCUT2D eigenvalue weighted by atomic mass is 16.5. The Morgan fingerprint density at radius 3 is 2.84 bits per heavy atom. The van der Waals surface area contributed by atoms with Gasteiger partial charge in [0.2, 0.25) is 5.91 Å². The lowest BCUT2D eigenvalue weighted by Crippen LogP contribution is -2.33. The molecule has 1 aromatic carbocycles. The van der Waals surface area contributed by atoms with Gasteiger partial charge in [-0.3, -0.25) is 4.79 Å². The molecule has 9 heteroatoms. The summed E-state index contributed by atoms with van der Waals surface area (Å²) in [5.74, 6) is 1.95. The highest BCUT2D eigenvalue weighted by Crippen LogP contribution is 2.29. The van der Waals surface area contributed by atoms with E-state index in [0.717, 1.165) is 45.9 Å². The molecule has 1 amide bonds.